The number of carbonyl (C=O) groups is 1. The van der Waals surface area contributed by atoms with Crippen molar-refractivity contribution in [3.05, 3.63) is 81.7 Å². The number of nitrogens with zero attached hydrogens (tertiary/aromatic N) is 3. The second-order valence-electron chi connectivity index (χ2n) is 6.36. The Morgan fingerprint density at radius 3 is 2.57 bits per heavy atom. The van der Waals surface area contributed by atoms with Crippen molar-refractivity contribution in [3.8, 4) is 11.4 Å². The van der Waals surface area contributed by atoms with Crippen molar-refractivity contribution in [2.75, 3.05) is 7.11 Å². The number of benzene rings is 2. The Bertz CT molecular complexity index is 1010. The lowest BCUT2D eigenvalue weighted by atomic mass is 10.0. The Morgan fingerprint density at radius 1 is 1.21 bits per heavy atom. The van der Waals surface area contributed by atoms with Gasteiger partial charge in [0.25, 0.3) is 11.6 Å². The van der Waals surface area contributed by atoms with E-state index in [1.807, 2.05) is 32.0 Å². The van der Waals surface area contributed by atoms with Crippen molar-refractivity contribution in [2.24, 2.45) is 0 Å². The lowest BCUT2D eigenvalue weighted by Gasteiger charge is -2.17. The van der Waals surface area contributed by atoms with Crippen LogP contribution < -0.4 is 10.1 Å². The Morgan fingerprint density at radius 2 is 1.93 bits per heavy atom. The number of amides is 1. The third-order valence-electron chi connectivity index (χ3n) is 4.35. The van der Waals surface area contributed by atoms with Crippen molar-refractivity contribution >= 4 is 11.6 Å². The third-order valence-corrected chi connectivity index (χ3v) is 4.35. The largest absolute Gasteiger partial charge is 0.496 e. The monoisotopic (exact) mass is 380 g/mol. The van der Waals surface area contributed by atoms with E-state index < -0.39 is 4.92 Å². The topological polar surface area (TPSA) is 99.3 Å². The number of nitro benzene ring substituents is 1. The Balaban J connectivity index is 1.75. The minimum atomic E-state index is -0.466. The molecule has 0 saturated carbocycles. The smallest absolute Gasteiger partial charge is 0.272 e. The van der Waals surface area contributed by atoms with Gasteiger partial charge in [0.2, 0.25) is 0 Å². The van der Waals surface area contributed by atoms with Crippen molar-refractivity contribution in [3.63, 3.8) is 0 Å². The zero-order valence-electron chi connectivity index (χ0n) is 15.7. The van der Waals surface area contributed by atoms with E-state index >= 15 is 0 Å². The molecule has 1 heterocycles. The van der Waals surface area contributed by atoms with Crippen LogP contribution in [0.1, 0.15) is 34.6 Å². The molecular formula is C20H20N4O4. The van der Waals surface area contributed by atoms with Gasteiger partial charge in [-0.15, -0.1) is 0 Å². The highest BCUT2D eigenvalue weighted by Gasteiger charge is 2.17. The van der Waals surface area contributed by atoms with Crippen LogP contribution in [0.25, 0.3) is 5.69 Å². The first-order valence-corrected chi connectivity index (χ1v) is 8.65. The second-order valence-corrected chi connectivity index (χ2v) is 6.36. The quantitative estimate of drug-likeness (QED) is 0.520. The van der Waals surface area contributed by atoms with Crippen molar-refractivity contribution < 1.29 is 14.5 Å². The average Bonchev–Trinajstić information content (AvgIpc) is 3.18. The molecular weight excluding hydrogens is 360 g/mol. The van der Waals surface area contributed by atoms with Crippen LogP contribution in [0, 0.1) is 17.0 Å². The molecule has 8 heteroatoms. The fourth-order valence-corrected chi connectivity index (χ4v) is 2.86. The molecule has 1 atom stereocenters. The van der Waals surface area contributed by atoms with Crippen LogP contribution in [0.4, 0.5) is 5.69 Å². The molecule has 0 radical (unpaired) electrons. The highest BCUT2D eigenvalue weighted by Crippen LogP contribution is 2.26. The van der Waals surface area contributed by atoms with E-state index in [4.69, 9.17) is 4.74 Å². The van der Waals surface area contributed by atoms with Gasteiger partial charge in [-0.25, -0.2) is 4.68 Å². The van der Waals surface area contributed by atoms with Crippen LogP contribution in [0.3, 0.4) is 0 Å². The number of aryl methyl sites for hydroxylation is 1. The standard InChI is InChI=1S/C20H20N4O4/c1-13-4-9-19(28-3)17(12-13)14(2)21-20(25)18-10-11-23(22-18)15-5-7-16(8-6-15)24(26)27/h4-12,14H,1-3H3,(H,21,25). The number of hydrogen-bond donors (Lipinski definition) is 1. The normalized spacial score (nSPS) is 11.7. The molecule has 0 bridgehead atoms. The Kier molecular flexibility index (Phi) is 5.39. The summed E-state index contributed by atoms with van der Waals surface area (Å²) in [5, 5.41) is 17.9. The summed E-state index contributed by atoms with van der Waals surface area (Å²) in [6, 6.07) is 13.0. The number of rotatable bonds is 6. The number of carbonyl (C=O) groups excluding carboxylic acids is 1. The number of methoxy groups -OCH3 is 1. The first-order valence-electron chi connectivity index (χ1n) is 8.65. The lowest BCUT2D eigenvalue weighted by molar-refractivity contribution is -0.384. The molecule has 1 aromatic heterocycles. The van der Waals surface area contributed by atoms with E-state index in [-0.39, 0.29) is 23.3 Å². The molecule has 0 fully saturated rings. The Hall–Kier alpha value is -3.68. The van der Waals surface area contributed by atoms with E-state index in [2.05, 4.69) is 10.4 Å². The van der Waals surface area contributed by atoms with Crippen LogP contribution >= 0.6 is 0 Å². The van der Waals surface area contributed by atoms with Crippen LogP contribution in [0.2, 0.25) is 0 Å². The highest BCUT2D eigenvalue weighted by atomic mass is 16.6. The van der Waals surface area contributed by atoms with Crippen LogP contribution in [0.5, 0.6) is 5.75 Å². The average molecular weight is 380 g/mol. The van der Waals surface area contributed by atoms with Gasteiger partial charge in [-0.2, -0.15) is 5.10 Å². The number of aromatic nitrogens is 2. The molecule has 0 spiro atoms. The fraction of sp³-hybridized carbons (Fsp3) is 0.200. The van der Waals surface area contributed by atoms with Gasteiger partial charge in [0.05, 0.1) is 23.8 Å². The number of nitro groups is 1. The first kappa shape index (κ1) is 19.1. The van der Waals surface area contributed by atoms with Crippen molar-refractivity contribution in [1.29, 1.82) is 0 Å². The molecule has 3 rings (SSSR count). The summed E-state index contributed by atoms with van der Waals surface area (Å²) in [6.07, 6.45) is 1.63. The zero-order chi connectivity index (χ0) is 20.3. The lowest BCUT2D eigenvalue weighted by Crippen LogP contribution is -2.27. The molecule has 1 N–H and O–H groups in total. The van der Waals surface area contributed by atoms with Gasteiger partial charge in [0.1, 0.15) is 5.75 Å². The van der Waals surface area contributed by atoms with Gasteiger partial charge in [0, 0.05) is 23.9 Å². The highest BCUT2D eigenvalue weighted by molar-refractivity contribution is 5.92. The van der Waals surface area contributed by atoms with Crippen molar-refractivity contribution in [1.82, 2.24) is 15.1 Å². The minimum absolute atomic E-state index is 0.00482. The van der Waals surface area contributed by atoms with Crippen molar-refractivity contribution in [2.45, 2.75) is 19.9 Å². The molecule has 28 heavy (non-hydrogen) atoms. The number of nitrogens with one attached hydrogen (secondary N) is 1. The van der Waals surface area contributed by atoms with E-state index in [9.17, 15) is 14.9 Å². The second kappa shape index (κ2) is 7.91. The first-order chi connectivity index (χ1) is 13.4. The summed E-state index contributed by atoms with van der Waals surface area (Å²) in [5.41, 5.74) is 2.81. The van der Waals surface area contributed by atoms with Crippen LogP contribution in [-0.4, -0.2) is 27.7 Å². The molecule has 0 aliphatic carbocycles. The van der Waals surface area contributed by atoms with E-state index in [1.54, 1.807) is 31.5 Å². The number of hydrogen-bond acceptors (Lipinski definition) is 5. The molecule has 1 amide bonds. The Labute approximate surface area is 161 Å². The summed E-state index contributed by atoms with van der Waals surface area (Å²) < 4.78 is 6.87. The maximum atomic E-state index is 12.6. The summed E-state index contributed by atoms with van der Waals surface area (Å²) in [5.74, 6) is 0.381. The van der Waals surface area contributed by atoms with E-state index in [1.165, 1.54) is 16.8 Å². The molecule has 3 aromatic rings. The van der Waals surface area contributed by atoms with E-state index in [0.29, 0.717) is 11.4 Å². The summed E-state index contributed by atoms with van der Waals surface area (Å²) in [7, 11) is 1.59. The van der Waals surface area contributed by atoms with Gasteiger partial charge in [-0.1, -0.05) is 17.7 Å². The van der Waals surface area contributed by atoms with Gasteiger partial charge in [0.15, 0.2) is 5.69 Å². The molecule has 0 aliphatic heterocycles. The van der Waals surface area contributed by atoms with E-state index in [0.717, 1.165) is 11.1 Å². The zero-order valence-corrected chi connectivity index (χ0v) is 15.7. The molecule has 8 nitrogen and oxygen atoms in total. The van der Waals surface area contributed by atoms with Crippen LogP contribution in [0.15, 0.2) is 54.7 Å². The minimum Gasteiger partial charge on any atom is -0.496 e. The predicted molar refractivity (Wildman–Crippen MR) is 104 cm³/mol. The molecule has 1 unspecified atom stereocenters. The van der Waals surface area contributed by atoms with Gasteiger partial charge in [-0.3, -0.25) is 14.9 Å². The van der Waals surface area contributed by atoms with Crippen LogP contribution in [-0.2, 0) is 0 Å². The molecule has 144 valence electrons. The molecule has 2 aromatic carbocycles. The maximum Gasteiger partial charge on any atom is 0.272 e. The number of ether oxygens (including phenoxy) is 1. The van der Waals surface area contributed by atoms with Gasteiger partial charge < -0.3 is 10.1 Å². The SMILES string of the molecule is COc1ccc(C)cc1C(C)NC(=O)c1ccn(-c2ccc([N+](=O)[O-])cc2)n1. The molecule has 0 aliphatic rings. The van der Waals surface area contributed by atoms with Gasteiger partial charge >= 0.3 is 0 Å². The number of non-ortho nitro benzene ring substituents is 1. The molecule has 0 saturated heterocycles. The third kappa shape index (κ3) is 4.01. The summed E-state index contributed by atoms with van der Waals surface area (Å²) in [6.45, 7) is 3.85. The van der Waals surface area contributed by atoms with Gasteiger partial charge in [-0.05, 0) is 38.1 Å². The summed E-state index contributed by atoms with van der Waals surface area (Å²) in [4.78, 5) is 22.9. The fourth-order valence-electron chi connectivity index (χ4n) is 2.86. The predicted octanol–water partition coefficient (Wildman–Crippen LogP) is 3.59. The summed E-state index contributed by atoms with van der Waals surface area (Å²) >= 11 is 0. The maximum absolute atomic E-state index is 12.6.